The average molecular weight is 358 g/mol. The minimum atomic E-state index is -3.65. The van der Waals surface area contributed by atoms with E-state index in [1.807, 2.05) is 13.8 Å². The first-order valence-electron chi connectivity index (χ1n) is 5.38. The van der Waals surface area contributed by atoms with Crippen LogP contribution >= 0.6 is 27.5 Å². The SMILES string of the molecule is Cn1nnc(Br)c1S(=O)(=O)NC1CC(Cl)C1(C)C. The molecule has 0 amide bonds. The summed E-state index contributed by atoms with van der Waals surface area (Å²) in [6.07, 6.45) is 0.622. The molecule has 0 saturated heterocycles. The third-order valence-corrected chi connectivity index (χ3v) is 6.54. The summed E-state index contributed by atoms with van der Waals surface area (Å²) < 4.78 is 28.6. The summed E-state index contributed by atoms with van der Waals surface area (Å²) in [7, 11) is -2.12. The van der Waals surface area contributed by atoms with Gasteiger partial charge in [0.05, 0.1) is 0 Å². The van der Waals surface area contributed by atoms with Crippen LogP contribution in [0.2, 0.25) is 0 Å². The predicted molar refractivity (Wildman–Crippen MR) is 70.9 cm³/mol. The van der Waals surface area contributed by atoms with Crippen LogP contribution in [-0.4, -0.2) is 34.8 Å². The van der Waals surface area contributed by atoms with Crippen LogP contribution in [0.5, 0.6) is 0 Å². The molecule has 9 heteroatoms. The Morgan fingerprint density at radius 2 is 2.17 bits per heavy atom. The first-order valence-corrected chi connectivity index (χ1v) is 8.09. The van der Waals surface area contributed by atoms with Crippen LogP contribution in [-0.2, 0) is 17.1 Å². The Hall–Kier alpha value is -0.180. The highest BCUT2D eigenvalue weighted by molar-refractivity contribution is 9.10. The van der Waals surface area contributed by atoms with Gasteiger partial charge in [-0.25, -0.2) is 17.8 Å². The number of alkyl halides is 1. The topological polar surface area (TPSA) is 76.9 Å². The highest BCUT2D eigenvalue weighted by Gasteiger charge is 2.49. The molecule has 1 aliphatic rings. The van der Waals surface area contributed by atoms with Gasteiger partial charge in [-0.05, 0) is 27.8 Å². The van der Waals surface area contributed by atoms with Crippen LogP contribution in [0.3, 0.4) is 0 Å². The van der Waals surface area contributed by atoms with Gasteiger partial charge < -0.3 is 0 Å². The van der Waals surface area contributed by atoms with Gasteiger partial charge in [-0.15, -0.1) is 16.7 Å². The predicted octanol–water partition coefficient (Wildman–Crippen LogP) is 1.26. The fourth-order valence-electron chi connectivity index (χ4n) is 1.92. The minimum Gasteiger partial charge on any atom is -0.235 e. The Morgan fingerprint density at radius 3 is 2.56 bits per heavy atom. The standard InChI is InChI=1S/C9H14BrClN4O2S/c1-9(2)5(11)4-6(9)13-18(16,17)8-7(10)12-14-15(8)3/h5-6,13H,4H2,1-3H3. The van der Waals surface area contributed by atoms with Crippen molar-refractivity contribution in [1.82, 2.24) is 19.7 Å². The van der Waals surface area contributed by atoms with Gasteiger partial charge in [0, 0.05) is 18.5 Å². The van der Waals surface area contributed by atoms with Gasteiger partial charge in [0.15, 0.2) is 4.60 Å². The summed E-state index contributed by atoms with van der Waals surface area (Å²) in [6, 6.07) is -0.174. The molecule has 2 atom stereocenters. The Labute approximate surface area is 119 Å². The number of aryl methyl sites for hydroxylation is 1. The third-order valence-electron chi connectivity index (χ3n) is 3.44. The number of nitrogens with one attached hydrogen (secondary N) is 1. The van der Waals surface area contributed by atoms with E-state index in [0.29, 0.717) is 6.42 Å². The van der Waals surface area contributed by atoms with Gasteiger partial charge in [-0.3, -0.25) is 0 Å². The largest absolute Gasteiger partial charge is 0.260 e. The molecule has 1 N–H and O–H groups in total. The number of hydrogen-bond acceptors (Lipinski definition) is 4. The summed E-state index contributed by atoms with van der Waals surface area (Å²) in [5.41, 5.74) is -0.257. The Balaban J connectivity index is 2.25. The maximum atomic E-state index is 12.2. The molecule has 1 saturated carbocycles. The summed E-state index contributed by atoms with van der Waals surface area (Å²) in [6.45, 7) is 3.88. The number of hydrogen-bond donors (Lipinski definition) is 1. The highest BCUT2D eigenvalue weighted by atomic mass is 79.9. The smallest absolute Gasteiger partial charge is 0.235 e. The summed E-state index contributed by atoms with van der Waals surface area (Å²) in [4.78, 5) is 0. The molecule has 0 radical (unpaired) electrons. The first-order chi connectivity index (χ1) is 8.16. The fourth-order valence-corrected chi connectivity index (χ4v) is 4.75. The number of nitrogens with zero attached hydrogens (tertiary/aromatic N) is 3. The second-order valence-electron chi connectivity index (χ2n) is 5.01. The van der Waals surface area contributed by atoms with Crippen molar-refractivity contribution in [2.45, 2.75) is 36.7 Å². The van der Waals surface area contributed by atoms with E-state index in [-0.39, 0.29) is 26.5 Å². The van der Waals surface area contributed by atoms with E-state index in [4.69, 9.17) is 11.6 Å². The zero-order valence-corrected chi connectivity index (χ0v) is 13.3. The second-order valence-corrected chi connectivity index (χ2v) is 7.91. The number of halogens is 2. The van der Waals surface area contributed by atoms with E-state index in [2.05, 4.69) is 31.0 Å². The molecule has 0 bridgehead atoms. The van der Waals surface area contributed by atoms with Crippen molar-refractivity contribution in [2.75, 3.05) is 0 Å². The molecule has 1 heterocycles. The maximum absolute atomic E-state index is 12.2. The molecule has 1 aliphatic carbocycles. The second kappa shape index (κ2) is 4.43. The summed E-state index contributed by atoms with van der Waals surface area (Å²) >= 11 is 9.16. The van der Waals surface area contributed by atoms with E-state index in [1.165, 1.54) is 11.7 Å². The molecule has 1 aromatic rings. The van der Waals surface area contributed by atoms with E-state index < -0.39 is 10.0 Å². The fraction of sp³-hybridized carbons (Fsp3) is 0.778. The number of rotatable bonds is 3. The monoisotopic (exact) mass is 356 g/mol. The van der Waals surface area contributed by atoms with E-state index in [9.17, 15) is 8.42 Å². The van der Waals surface area contributed by atoms with Crippen LogP contribution in [0, 0.1) is 5.41 Å². The molecule has 1 aromatic heterocycles. The lowest BCUT2D eigenvalue weighted by molar-refractivity contribution is 0.137. The Kier molecular flexibility index (Phi) is 3.50. The normalized spacial score (nSPS) is 26.9. The quantitative estimate of drug-likeness (QED) is 0.826. The first kappa shape index (κ1) is 14.2. The molecule has 0 spiro atoms. The molecule has 0 aliphatic heterocycles. The molecule has 102 valence electrons. The molecule has 2 rings (SSSR count). The molecular weight excluding hydrogens is 344 g/mol. The zero-order valence-electron chi connectivity index (χ0n) is 10.2. The molecule has 1 fully saturated rings. The summed E-state index contributed by atoms with van der Waals surface area (Å²) in [5, 5.41) is 7.34. The lowest BCUT2D eigenvalue weighted by Gasteiger charge is -2.48. The molecule has 18 heavy (non-hydrogen) atoms. The van der Waals surface area contributed by atoms with Gasteiger partial charge in [0.1, 0.15) is 0 Å². The van der Waals surface area contributed by atoms with E-state index in [1.54, 1.807) is 0 Å². The molecule has 0 aromatic carbocycles. The summed E-state index contributed by atoms with van der Waals surface area (Å²) in [5.74, 6) is 0. The van der Waals surface area contributed by atoms with Crippen molar-refractivity contribution in [3.8, 4) is 0 Å². The van der Waals surface area contributed by atoms with Crippen LogP contribution < -0.4 is 4.72 Å². The van der Waals surface area contributed by atoms with Crippen molar-refractivity contribution in [2.24, 2.45) is 12.5 Å². The molecular formula is C9H14BrClN4O2S. The van der Waals surface area contributed by atoms with Crippen LogP contribution in [0.1, 0.15) is 20.3 Å². The van der Waals surface area contributed by atoms with Gasteiger partial charge >= 0.3 is 0 Å². The van der Waals surface area contributed by atoms with Gasteiger partial charge in [-0.1, -0.05) is 19.1 Å². The number of sulfonamides is 1. The van der Waals surface area contributed by atoms with E-state index >= 15 is 0 Å². The zero-order chi connectivity index (χ0) is 13.7. The average Bonchev–Trinajstić information content (AvgIpc) is 2.58. The minimum absolute atomic E-state index is 0.0155. The van der Waals surface area contributed by atoms with Gasteiger partial charge in [-0.2, -0.15) is 0 Å². The lowest BCUT2D eigenvalue weighted by Crippen LogP contribution is -2.59. The number of aromatic nitrogens is 3. The van der Waals surface area contributed by atoms with Crippen molar-refractivity contribution in [3.63, 3.8) is 0 Å². The van der Waals surface area contributed by atoms with Crippen molar-refractivity contribution < 1.29 is 8.42 Å². The Bertz CT molecular complexity index is 552. The lowest BCUT2D eigenvalue weighted by atomic mass is 9.67. The maximum Gasteiger partial charge on any atom is 0.260 e. The van der Waals surface area contributed by atoms with Crippen LogP contribution in [0.4, 0.5) is 0 Å². The van der Waals surface area contributed by atoms with Crippen molar-refractivity contribution in [3.05, 3.63) is 4.60 Å². The van der Waals surface area contributed by atoms with Crippen LogP contribution in [0.15, 0.2) is 9.63 Å². The van der Waals surface area contributed by atoms with Crippen molar-refractivity contribution >= 4 is 37.6 Å². The molecule has 2 unspecified atom stereocenters. The molecule has 6 nitrogen and oxygen atoms in total. The van der Waals surface area contributed by atoms with E-state index in [0.717, 1.165) is 0 Å². The Morgan fingerprint density at radius 1 is 1.56 bits per heavy atom. The third kappa shape index (κ3) is 2.19. The van der Waals surface area contributed by atoms with Crippen LogP contribution in [0.25, 0.3) is 0 Å². The van der Waals surface area contributed by atoms with Gasteiger partial charge in [0.2, 0.25) is 5.03 Å². The van der Waals surface area contributed by atoms with Gasteiger partial charge in [0.25, 0.3) is 10.0 Å². The van der Waals surface area contributed by atoms with Crippen molar-refractivity contribution in [1.29, 1.82) is 0 Å². The highest BCUT2D eigenvalue weighted by Crippen LogP contribution is 2.44.